The molecule has 0 bridgehead atoms. The molecule has 14 heavy (non-hydrogen) atoms. The molecule has 0 amide bonds. The number of rotatable bonds is 7. The van der Waals surface area contributed by atoms with E-state index >= 15 is 0 Å². The van der Waals surface area contributed by atoms with E-state index in [1.165, 1.54) is 11.4 Å². The van der Waals surface area contributed by atoms with Gasteiger partial charge in [0.1, 0.15) is 0 Å². The Hall–Kier alpha value is 2.30. The Morgan fingerprint density at radius 2 is 2.21 bits per heavy atom. The molecule has 0 heterocycles. The minimum absolute atomic E-state index is 0. The van der Waals surface area contributed by atoms with Gasteiger partial charge in [-0.3, -0.25) is 0 Å². The molecule has 0 fully saturated rings. The van der Waals surface area contributed by atoms with Crippen LogP contribution in [0, 0.1) is 0 Å². The Balaban J connectivity index is 0. The molecule has 6 heteroatoms. The van der Waals surface area contributed by atoms with E-state index in [1.807, 2.05) is 6.92 Å². The van der Waals surface area contributed by atoms with Crippen molar-refractivity contribution in [2.24, 2.45) is 0 Å². The fourth-order valence-electron chi connectivity index (χ4n) is 0.553. The zero-order valence-corrected chi connectivity index (χ0v) is 14.8. The van der Waals surface area contributed by atoms with Crippen molar-refractivity contribution in [3.8, 4) is 0 Å². The van der Waals surface area contributed by atoms with Crippen LogP contribution in [0.3, 0.4) is 0 Å². The summed E-state index contributed by atoms with van der Waals surface area (Å²) in [6.45, 7) is 8.29. The fraction of sp³-hybridized carbons (Fsp3) is 0.750. The quantitative estimate of drug-likeness (QED) is 0.336. The first kappa shape index (κ1) is 18.7. The summed E-state index contributed by atoms with van der Waals surface area (Å²) in [4.78, 5) is 9.62. The van der Waals surface area contributed by atoms with Gasteiger partial charge in [-0.2, -0.15) is 0 Å². The predicted octanol–water partition coefficient (Wildman–Crippen LogP) is 2.95. The molecule has 0 saturated carbocycles. The van der Waals surface area contributed by atoms with Crippen LogP contribution < -0.4 is 0 Å². The van der Waals surface area contributed by atoms with Gasteiger partial charge in [-0.15, -0.1) is 0 Å². The van der Waals surface area contributed by atoms with Gasteiger partial charge < -0.3 is 9.42 Å². The second kappa shape index (κ2) is 10.5. The van der Waals surface area contributed by atoms with Gasteiger partial charge in [0.25, 0.3) is 0 Å². The van der Waals surface area contributed by atoms with Crippen LogP contribution >= 0.6 is 17.1 Å². The van der Waals surface area contributed by atoms with Crippen molar-refractivity contribution in [2.75, 3.05) is 12.4 Å². The molecular weight excluding hydrogens is 262 g/mol. The van der Waals surface area contributed by atoms with Crippen molar-refractivity contribution in [2.45, 2.75) is 26.7 Å². The molecule has 0 spiro atoms. The summed E-state index contributed by atoms with van der Waals surface area (Å²) in [7, 11) is 0. The molecular formula is C8H17KO2PS2. The first-order chi connectivity index (χ1) is 5.98. The number of unbranched alkanes of at least 4 members (excludes halogenated alkanes) is 1. The Kier molecular flexibility index (Phi) is 13.9. The smallest absolute Gasteiger partial charge is 0.245 e. The normalized spacial score (nSPS) is 14.2. The molecule has 0 aromatic rings. The fourth-order valence-corrected chi connectivity index (χ4v) is 3.67. The van der Waals surface area contributed by atoms with Gasteiger partial charge in [-0.05, 0) is 25.2 Å². The van der Waals surface area contributed by atoms with Crippen molar-refractivity contribution in [1.29, 1.82) is 0 Å². The molecule has 0 rings (SSSR count). The van der Waals surface area contributed by atoms with Crippen LogP contribution in [0.4, 0.5) is 0 Å². The van der Waals surface area contributed by atoms with Gasteiger partial charge in [0, 0.05) is 57.1 Å². The van der Waals surface area contributed by atoms with E-state index < -0.39 is 5.69 Å². The predicted molar refractivity (Wildman–Crippen MR) is 70.4 cm³/mol. The summed E-state index contributed by atoms with van der Waals surface area (Å²) in [6, 6.07) is 0. The van der Waals surface area contributed by atoms with Crippen LogP contribution in [-0.4, -0.2) is 68.6 Å². The molecule has 0 saturated heterocycles. The van der Waals surface area contributed by atoms with Crippen LogP contribution in [0.15, 0.2) is 12.2 Å². The van der Waals surface area contributed by atoms with E-state index in [2.05, 4.69) is 13.5 Å². The first-order valence-electron chi connectivity index (χ1n) is 4.24. The van der Waals surface area contributed by atoms with Crippen LogP contribution in [0.5, 0.6) is 0 Å². The summed E-state index contributed by atoms with van der Waals surface area (Å²) in [5, 5.41) is 0. The largest absolute Gasteiger partial charge is 0.337 e. The maximum atomic E-state index is 9.62. The average molecular weight is 279 g/mol. The Bertz CT molecular complexity index is 212. The Morgan fingerprint density at radius 3 is 2.64 bits per heavy atom. The molecule has 1 unspecified atom stereocenters. The minimum Gasteiger partial charge on any atom is -0.337 e. The molecule has 2 nitrogen and oxygen atoms in total. The van der Waals surface area contributed by atoms with Gasteiger partial charge in [0.05, 0.1) is 6.61 Å². The minimum atomic E-state index is -2.59. The van der Waals surface area contributed by atoms with Gasteiger partial charge in [0.15, 0.2) is 0 Å². The monoisotopic (exact) mass is 279 g/mol. The van der Waals surface area contributed by atoms with Crippen molar-refractivity contribution in [1.82, 2.24) is 0 Å². The van der Waals surface area contributed by atoms with Crippen molar-refractivity contribution >= 4 is 80.3 Å². The van der Waals surface area contributed by atoms with Gasteiger partial charge in [0.2, 0.25) is 5.69 Å². The molecule has 0 aliphatic rings. The van der Waals surface area contributed by atoms with Crippen molar-refractivity contribution in [3.63, 3.8) is 0 Å². The molecule has 1 radical (unpaired) electrons. The SMILES string of the molecule is C=C(C)CSP(O)(=S)OCCCC.[K]. The molecule has 1 atom stereocenters. The standard InChI is InChI=1S/C8H17O2PS2.K/c1-4-5-6-10-11(9,12)13-7-8(2)3;/h2,4-7H2,1,3H3,(H,9,12);. The number of hydrogen-bond acceptors (Lipinski definition) is 3. The summed E-state index contributed by atoms with van der Waals surface area (Å²) in [6.07, 6.45) is 2.01. The zero-order valence-electron chi connectivity index (χ0n) is 9.15. The summed E-state index contributed by atoms with van der Waals surface area (Å²) in [5.41, 5.74) is -1.58. The topological polar surface area (TPSA) is 29.5 Å². The second-order valence-corrected chi connectivity index (χ2v) is 9.07. The van der Waals surface area contributed by atoms with E-state index in [0.29, 0.717) is 12.4 Å². The third-order valence-electron chi connectivity index (χ3n) is 1.23. The summed E-state index contributed by atoms with van der Waals surface area (Å²) in [5.74, 6) is 0.680. The first-order valence-corrected chi connectivity index (χ1v) is 8.50. The maximum Gasteiger partial charge on any atom is 0.245 e. The third-order valence-corrected chi connectivity index (χ3v) is 5.63. The Labute approximate surface area is 139 Å². The average Bonchev–Trinajstić information content (AvgIpc) is 2.02. The van der Waals surface area contributed by atoms with Crippen LogP contribution in [0.1, 0.15) is 26.7 Å². The van der Waals surface area contributed by atoms with Crippen LogP contribution in [-0.2, 0) is 16.3 Å². The molecule has 0 aromatic heterocycles. The molecule has 0 aliphatic heterocycles. The van der Waals surface area contributed by atoms with Gasteiger partial charge in [-0.25, -0.2) is 0 Å². The zero-order chi connectivity index (χ0) is 10.3. The van der Waals surface area contributed by atoms with Crippen molar-refractivity contribution < 1.29 is 9.42 Å². The van der Waals surface area contributed by atoms with Crippen LogP contribution in [0.25, 0.3) is 0 Å². The summed E-state index contributed by atoms with van der Waals surface area (Å²) < 4.78 is 5.22. The van der Waals surface area contributed by atoms with Crippen LogP contribution in [0.2, 0.25) is 0 Å². The van der Waals surface area contributed by atoms with E-state index in [4.69, 9.17) is 16.3 Å². The maximum absolute atomic E-state index is 9.62. The van der Waals surface area contributed by atoms with E-state index in [0.717, 1.165) is 18.4 Å². The molecule has 1 N–H and O–H groups in total. The molecule has 0 aromatic carbocycles. The molecule has 0 aliphatic carbocycles. The van der Waals surface area contributed by atoms with Gasteiger partial charge in [-0.1, -0.05) is 36.9 Å². The van der Waals surface area contributed by atoms with Crippen molar-refractivity contribution in [3.05, 3.63) is 12.2 Å². The second-order valence-electron chi connectivity index (χ2n) is 2.89. The van der Waals surface area contributed by atoms with E-state index in [1.54, 1.807) is 0 Å². The number of hydrogen-bond donors (Lipinski definition) is 1. The van der Waals surface area contributed by atoms with E-state index in [9.17, 15) is 4.89 Å². The van der Waals surface area contributed by atoms with E-state index in [-0.39, 0.29) is 51.4 Å². The van der Waals surface area contributed by atoms with Gasteiger partial charge >= 0.3 is 0 Å². The Morgan fingerprint density at radius 1 is 1.64 bits per heavy atom. The third kappa shape index (κ3) is 12.4. The molecule has 79 valence electrons. The summed E-state index contributed by atoms with van der Waals surface area (Å²) >= 11 is 6.24.